The number of nitrogens with zero attached hydrogens (tertiary/aromatic N) is 1. The maximum Gasteiger partial charge on any atom is 0.244 e. The number of thioether (sulfide) groups is 1. The highest BCUT2D eigenvalue weighted by Gasteiger charge is 2.43. The Kier molecular flexibility index (Phi) is 8.82. The SMILES string of the molecule is CSCN([C@@H](CC(C)C)C(=O)NC(C)(C)C(O)c1c(-c2ccccc2)c1=O)S(=O)(=O)c1ccccc1. The molecule has 2 atom stereocenters. The van der Waals surface area contributed by atoms with E-state index >= 15 is 0 Å². The fraction of sp³-hybridized carbons (Fsp3) is 0.407. The van der Waals surface area contributed by atoms with Crippen molar-refractivity contribution in [3.05, 3.63) is 76.5 Å². The number of hydrogen-bond acceptors (Lipinski definition) is 6. The number of hydrogen-bond donors (Lipinski definition) is 2. The molecule has 0 saturated carbocycles. The van der Waals surface area contributed by atoms with Gasteiger partial charge in [0.2, 0.25) is 15.9 Å². The maximum absolute atomic E-state index is 13.6. The monoisotopic (exact) mass is 530 g/mol. The number of carbonyl (C=O) groups is 1. The zero-order valence-corrected chi connectivity index (χ0v) is 22.9. The van der Waals surface area contributed by atoms with Gasteiger partial charge in [-0.1, -0.05) is 62.4 Å². The molecule has 0 fully saturated rings. The summed E-state index contributed by atoms with van der Waals surface area (Å²) in [7, 11) is -3.96. The Hall–Kier alpha value is -2.46. The lowest BCUT2D eigenvalue weighted by Crippen LogP contribution is -2.56. The summed E-state index contributed by atoms with van der Waals surface area (Å²) in [5.41, 5.74) is 0.00142. The number of nitrogens with one attached hydrogen (secondary N) is 1. The minimum atomic E-state index is -3.96. The van der Waals surface area contributed by atoms with E-state index < -0.39 is 33.6 Å². The maximum atomic E-state index is 13.6. The zero-order valence-electron chi connectivity index (χ0n) is 21.3. The van der Waals surface area contributed by atoms with E-state index in [4.69, 9.17) is 0 Å². The molecule has 0 aliphatic heterocycles. The fourth-order valence-electron chi connectivity index (χ4n) is 4.15. The van der Waals surface area contributed by atoms with Crippen LogP contribution in [0.25, 0.3) is 11.1 Å². The average molecular weight is 531 g/mol. The van der Waals surface area contributed by atoms with Crippen LogP contribution in [0.4, 0.5) is 0 Å². The molecule has 0 aliphatic carbocycles. The van der Waals surface area contributed by atoms with Gasteiger partial charge >= 0.3 is 0 Å². The van der Waals surface area contributed by atoms with E-state index in [1.807, 2.05) is 32.0 Å². The van der Waals surface area contributed by atoms with Crippen molar-refractivity contribution < 1.29 is 18.3 Å². The molecule has 0 heterocycles. The zero-order chi connectivity index (χ0) is 26.7. The lowest BCUT2D eigenvalue weighted by atomic mass is 9.93. The van der Waals surface area contributed by atoms with Crippen LogP contribution in [0.3, 0.4) is 0 Å². The van der Waals surface area contributed by atoms with Crippen molar-refractivity contribution in [3.8, 4) is 11.1 Å². The Bertz CT molecular complexity index is 1280. The van der Waals surface area contributed by atoms with Gasteiger partial charge in [0.1, 0.15) is 12.1 Å². The molecule has 7 nitrogen and oxygen atoms in total. The van der Waals surface area contributed by atoms with Gasteiger partial charge in [0.25, 0.3) is 0 Å². The van der Waals surface area contributed by atoms with Crippen LogP contribution in [-0.2, 0) is 14.8 Å². The average Bonchev–Trinajstić information content (AvgIpc) is 3.51. The van der Waals surface area contributed by atoms with Gasteiger partial charge in [-0.25, -0.2) is 8.42 Å². The minimum absolute atomic E-state index is 0.0292. The third-order valence-corrected chi connectivity index (χ3v) is 8.66. The molecule has 0 saturated heterocycles. The Labute approximate surface area is 217 Å². The second kappa shape index (κ2) is 11.3. The van der Waals surface area contributed by atoms with E-state index in [2.05, 4.69) is 5.32 Å². The van der Waals surface area contributed by atoms with E-state index in [0.29, 0.717) is 12.0 Å². The van der Waals surface area contributed by atoms with E-state index in [1.165, 1.54) is 28.2 Å². The second-order valence-corrected chi connectivity index (χ2v) is 12.6. The Morgan fingerprint density at radius 2 is 1.61 bits per heavy atom. The molecule has 0 aromatic heterocycles. The normalized spacial score (nSPS) is 14.3. The van der Waals surface area contributed by atoms with Crippen LogP contribution in [0, 0.1) is 5.92 Å². The highest BCUT2D eigenvalue weighted by atomic mass is 32.2. The van der Waals surface area contributed by atoms with E-state index in [9.17, 15) is 23.1 Å². The molecule has 3 aromatic rings. The van der Waals surface area contributed by atoms with Crippen molar-refractivity contribution >= 4 is 27.7 Å². The molecule has 1 amide bonds. The lowest BCUT2D eigenvalue weighted by molar-refractivity contribution is -0.128. The third-order valence-electron chi connectivity index (χ3n) is 6.09. The fourth-order valence-corrected chi connectivity index (χ4v) is 6.74. The first kappa shape index (κ1) is 28.1. The van der Waals surface area contributed by atoms with Gasteiger partial charge < -0.3 is 10.4 Å². The quantitative estimate of drug-likeness (QED) is 0.344. The summed E-state index contributed by atoms with van der Waals surface area (Å²) in [6.07, 6.45) is 0.826. The highest BCUT2D eigenvalue weighted by molar-refractivity contribution is 7.99. The van der Waals surface area contributed by atoms with Gasteiger partial charge in [-0.15, -0.1) is 11.8 Å². The first-order chi connectivity index (χ1) is 16.9. The molecule has 194 valence electrons. The van der Waals surface area contributed by atoms with E-state index in [0.717, 1.165) is 5.56 Å². The number of aliphatic hydroxyl groups is 1. The van der Waals surface area contributed by atoms with Crippen molar-refractivity contribution in [2.75, 3.05) is 12.1 Å². The number of amides is 1. The summed E-state index contributed by atoms with van der Waals surface area (Å²) in [6, 6.07) is 16.1. The Balaban J connectivity index is 1.89. The standard InChI is InChI=1S/C27H34N2O5S2/c1-18(2)16-21(29(17-35-5)36(33,34)20-14-10-7-11-15-20)26(32)28-27(3,4)25(31)23-22(24(23)30)19-12-8-6-9-13-19/h6-15,18,21,25,31H,16-17H2,1-5H3,(H,28,32)/t21-,25?/m0/s1. The molecular weight excluding hydrogens is 496 g/mol. The van der Waals surface area contributed by atoms with Crippen molar-refractivity contribution in [2.45, 2.75) is 56.7 Å². The molecule has 3 aromatic carbocycles. The lowest BCUT2D eigenvalue weighted by Gasteiger charge is -2.35. The molecular formula is C27H34N2O5S2. The largest absolute Gasteiger partial charge is 0.386 e. The van der Waals surface area contributed by atoms with Crippen LogP contribution in [0.2, 0.25) is 0 Å². The Morgan fingerprint density at radius 1 is 1.06 bits per heavy atom. The van der Waals surface area contributed by atoms with Crippen LogP contribution in [0.5, 0.6) is 0 Å². The van der Waals surface area contributed by atoms with Crippen LogP contribution >= 0.6 is 11.8 Å². The molecule has 0 aliphatic rings. The number of rotatable bonds is 12. The van der Waals surface area contributed by atoms with E-state index in [-0.39, 0.29) is 27.7 Å². The van der Waals surface area contributed by atoms with Gasteiger partial charge in [-0.2, -0.15) is 4.31 Å². The minimum Gasteiger partial charge on any atom is -0.386 e. The van der Waals surface area contributed by atoms with Crippen LogP contribution in [0.1, 0.15) is 45.8 Å². The molecule has 0 radical (unpaired) electrons. The summed E-state index contributed by atoms with van der Waals surface area (Å²) in [4.78, 5) is 26.3. The summed E-state index contributed by atoms with van der Waals surface area (Å²) in [5, 5.41) is 13.9. The van der Waals surface area contributed by atoms with Gasteiger partial charge in [0.05, 0.1) is 16.3 Å². The van der Waals surface area contributed by atoms with Crippen LogP contribution < -0.4 is 10.7 Å². The van der Waals surface area contributed by atoms with Gasteiger partial charge in [0, 0.05) is 11.1 Å². The predicted molar refractivity (Wildman–Crippen MR) is 145 cm³/mol. The first-order valence-electron chi connectivity index (χ1n) is 11.8. The molecule has 2 N–H and O–H groups in total. The van der Waals surface area contributed by atoms with Crippen molar-refractivity contribution in [3.63, 3.8) is 0 Å². The highest BCUT2D eigenvalue weighted by Crippen LogP contribution is 2.36. The topological polar surface area (TPSA) is 104 Å². The summed E-state index contributed by atoms with van der Waals surface area (Å²) in [5.74, 6) is -0.398. The predicted octanol–water partition coefficient (Wildman–Crippen LogP) is 3.94. The second-order valence-electron chi connectivity index (χ2n) is 9.87. The summed E-state index contributed by atoms with van der Waals surface area (Å²) in [6.45, 7) is 7.11. The number of carbonyl (C=O) groups excluding carboxylic acids is 1. The first-order valence-corrected chi connectivity index (χ1v) is 14.7. The number of sulfonamides is 1. The van der Waals surface area contributed by atoms with Crippen molar-refractivity contribution in [2.24, 2.45) is 5.92 Å². The van der Waals surface area contributed by atoms with Crippen molar-refractivity contribution in [1.29, 1.82) is 0 Å². The summed E-state index contributed by atoms with van der Waals surface area (Å²) >= 11 is 1.31. The smallest absolute Gasteiger partial charge is 0.244 e. The Morgan fingerprint density at radius 3 is 2.14 bits per heavy atom. The van der Waals surface area contributed by atoms with Gasteiger partial charge in [-0.3, -0.25) is 9.59 Å². The van der Waals surface area contributed by atoms with Crippen molar-refractivity contribution in [1.82, 2.24) is 9.62 Å². The van der Waals surface area contributed by atoms with Crippen LogP contribution in [0.15, 0.2) is 70.4 Å². The molecule has 36 heavy (non-hydrogen) atoms. The van der Waals surface area contributed by atoms with E-state index in [1.54, 1.807) is 50.4 Å². The number of benzene rings is 2. The molecule has 9 heteroatoms. The molecule has 1 unspecified atom stereocenters. The third kappa shape index (κ3) is 6.08. The molecule has 3 rings (SSSR count). The van der Waals surface area contributed by atoms with Crippen LogP contribution in [-0.4, -0.2) is 47.5 Å². The van der Waals surface area contributed by atoms with Gasteiger partial charge in [0.15, 0.2) is 5.43 Å². The number of aliphatic hydroxyl groups excluding tert-OH is 1. The molecule has 0 bridgehead atoms. The molecule has 0 spiro atoms. The van der Waals surface area contributed by atoms with Gasteiger partial charge in [-0.05, 0) is 50.1 Å². The summed E-state index contributed by atoms with van der Waals surface area (Å²) < 4.78 is 28.3.